The highest BCUT2D eigenvalue weighted by Gasteiger charge is 2.58. The van der Waals surface area contributed by atoms with E-state index in [-0.39, 0.29) is 5.56 Å². The van der Waals surface area contributed by atoms with Crippen LogP contribution >= 0.6 is 12.6 Å². The van der Waals surface area contributed by atoms with Gasteiger partial charge in [-0.05, 0) is 5.56 Å². The molecule has 6 heteroatoms. The number of alkyl halides is 3. The zero-order valence-electron chi connectivity index (χ0n) is 7.45. The van der Waals surface area contributed by atoms with Crippen molar-refractivity contribution < 1.29 is 18.0 Å². The number of carbonyl (C=O) groups is 1. The molecule has 2 N–H and O–H groups in total. The largest absolute Gasteiger partial charge is 0.415 e. The number of thiol groups is 1. The molecule has 0 saturated heterocycles. The van der Waals surface area contributed by atoms with Crippen molar-refractivity contribution in [3.8, 4) is 0 Å². The van der Waals surface area contributed by atoms with Crippen LogP contribution < -0.4 is 5.73 Å². The summed E-state index contributed by atoms with van der Waals surface area (Å²) in [6.45, 7) is 0. The second kappa shape index (κ2) is 3.77. The number of amides is 1. The van der Waals surface area contributed by atoms with Crippen LogP contribution in [0.25, 0.3) is 0 Å². The van der Waals surface area contributed by atoms with Crippen LogP contribution in [0.4, 0.5) is 13.2 Å². The third-order valence-electron chi connectivity index (χ3n) is 1.96. The van der Waals surface area contributed by atoms with Crippen LogP contribution in [0.2, 0.25) is 0 Å². The van der Waals surface area contributed by atoms with Gasteiger partial charge in [-0.25, -0.2) is 0 Å². The predicted molar refractivity (Wildman–Crippen MR) is 52.4 cm³/mol. The molecule has 15 heavy (non-hydrogen) atoms. The molecular weight excluding hydrogens is 227 g/mol. The molecular formula is C9H8F3NOS. The molecule has 0 heterocycles. The fourth-order valence-electron chi connectivity index (χ4n) is 1.12. The normalized spacial score (nSPS) is 15.7. The maximum Gasteiger partial charge on any atom is 0.415 e. The van der Waals surface area contributed by atoms with E-state index in [0.717, 1.165) is 12.1 Å². The predicted octanol–water partition coefficient (Wildman–Crippen LogP) is 1.86. The first-order chi connectivity index (χ1) is 6.80. The topological polar surface area (TPSA) is 43.1 Å². The molecule has 1 amide bonds. The van der Waals surface area contributed by atoms with E-state index in [1.807, 2.05) is 0 Å². The zero-order chi connectivity index (χ0) is 11.7. The van der Waals surface area contributed by atoms with Gasteiger partial charge in [0.1, 0.15) is 0 Å². The maximum absolute atomic E-state index is 12.7. The van der Waals surface area contributed by atoms with E-state index in [9.17, 15) is 18.0 Å². The Morgan fingerprint density at radius 1 is 1.20 bits per heavy atom. The standard InChI is InChI=1S/C9H8F3NOS/c10-9(11,12)8(15,7(13)14)6-4-2-1-3-5-6/h1-5,15H,(H2,13,14). The fourth-order valence-corrected chi connectivity index (χ4v) is 1.27. The Hall–Kier alpha value is -1.17. The summed E-state index contributed by atoms with van der Waals surface area (Å²) in [7, 11) is 0. The number of rotatable bonds is 2. The Balaban J connectivity index is 3.32. The van der Waals surface area contributed by atoms with Crippen molar-refractivity contribution in [3.63, 3.8) is 0 Å². The van der Waals surface area contributed by atoms with E-state index in [4.69, 9.17) is 5.73 Å². The third kappa shape index (κ3) is 1.94. The molecule has 0 bridgehead atoms. The molecule has 0 aliphatic heterocycles. The molecule has 0 radical (unpaired) electrons. The van der Waals surface area contributed by atoms with Crippen LogP contribution in [0.1, 0.15) is 5.56 Å². The maximum atomic E-state index is 12.7. The molecule has 0 fully saturated rings. The molecule has 1 rings (SSSR count). The van der Waals surface area contributed by atoms with Gasteiger partial charge >= 0.3 is 6.18 Å². The molecule has 1 aromatic rings. The molecule has 0 spiro atoms. The minimum atomic E-state index is -4.83. The number of carbonyl (C=O) groups excluding carboxylic acids is 1. The molecule has 0 aromatic heterocycles. The average Bonchev–Trinajstić information content (AvgIpc) is 2.16. The lowest BCUT2D eigenvalue weighted by Crippen LogP contribution is -2.48. The number of primary amides is 1. The van der Waals surface area contributed by atoms with Crippen molar-refractivity contribution in [1.29, 1.82) is 0 Å². The van der Waals surface area contributed by atoms with Gasteiger partial charge in [0, 0.05) is 0 Å². The van der Waals surface area contributed by atoms with Crippen molar-refractivity contribution in [2.24, 2.45) is 5.73 Å². The Morgan fingerprint density at radius 3 is 2.00 bits per heavy atom. The summed E-state index contributed by atoms with van der Waals surface area (Å²) < 4.78 is 35.1. The van der Waals surface area contributed by atoms with Crippen LogP contribution in [0.15, 0.2) is 30.3 Å². The fraction of sp³-hybridized carbons (Fsp3) is 0.222. The highest BCUT2D eigenvalue weighted by Crippen LogP contribution is 2.43. The molecule has 2 nitrogen and oxygen atoms in total. The van der Waals surface area contributed by atoms with E-state index in [0.29, 0.717) is 0 Å². The number of nitrogens with two attached hydrogens (primary N) is 1. The summed E-state index contributed by atoms with van der Waals surface area (Å²) in [6.07, 6.45) is -4.83. The first-order valence-corrected chi connectivity index (χ1v) is 4.39. The van der Waals surface area contributed by atoms with Gasteiger partial charge in [0.25, 0.3) is 0 Å². The Bertz CT molecular complexity index is 365. The number of hydrogen-bond donors (Lipinski definition) is 2. The number of benzene rings is 1. The van der Waals surface area contributed by atoms with Crippen LogP contribution in [-0.4, -0.2) is 12.1 Å². The van der Waals surface area contributed by atoms with Crippen molar-refractivity contribution in [2.45, 2.75) is 10.9 Å². The van der Waals surface area contributed by atoms with Gasteiger partial charge in [-0.3, -0.25) is 4.79 Å². The van der Waals surface area contributed by atoms with E-state index >= 15 is 0 Å². The molecule has 0 saturated carbocycles. The van der Waals surface area contributed by atoms with Gasteiger partial charge in [-0.2, -0.15) is 13.2 Å². The first kappa shape index (κ1) is 11.9. The van der Waals surface area contributed by atoms with Crippen molar-refractivity contribution in [3.05, 3.63) is 35.9 Å². The Morgan fingerprint density at radius 2 is 1.67 bits per heavy atom. The second-order valence-electron chi connectivity index (χ2n) is 2.94. The highest BCUT2D eigenvalue weighted by molar-refractivity contribution is 7.82. The quantitative estimate of drug-likeness (QED) is 0.755. The lowest BCUT2D eigenvalue weighted by atomic mass is 9.97. The van der Waals surface area contributed by atoms with Gasteiger partial charge in [0.15, 0.2) is 0 Å². The summed E-state index contributed by atoms with van der Waals surface area (Å²) in [5.41, 5.74) is 4.47. The van der Waals surface area contributed by atoms with Gasteiger partial charge in [-0.1, -0.05) is 30.3 Å². The van der Waals surface area contributed by atoms with Gasteiger partial charge in [0.05, 0.1) is 0 Å². The molecule has 1 atom stereocenters. The number of hydrogen-bond acceptors (Lipinski definition) is 2. The summed E-state index contributed by atoms with van der Waals surface area (Å²) in [6, 6.07) is 6.62. The summed E-state index contributed by atoms with van der Waals surface area (Å²) in [5.74, 6) is -1.54. The number of halogens is 3. The van der Waals surface area contributed by atoms with Crippen LogP contribution in [0.5, 0.6) is 0 Å². The minimum absolute atomic E-state index is 0.284. The Kier molecular flexibility index (Phi) is 2.99. The van der Waals surface area contributed by atoms with Crippen LogP contribution in [0.3, 0.4) is 0 Å². The van der Waals surface area contributed by atoms with Crippen LogP contribution in [-0.2, 0) is 9.54 Å². The SMILES string of the molecule is NC(=O)C(S)(c1ccccc1)C(F)(F)F. The minimum Gasteiger partial charge on any atom is -0.368 e. The van der Waals surface area contributed by atoms with E-state index in [1.165, 1.54) is 18.2 Å². The van der Waals surface area contributed by atoms with Crippen molar-refractivity contribution >= 4 is 18.5 Å². The molecule has 0 aliphatic carbocycles. The van der Waals surface area contributed by atoms with Gasteiger partial charge in [-0.15, -0.1) is 12.6 Å². The van der Waals surface area contributed by atoms with Gasteiger partial charge < -0.3 is 5.73 Å². The third-order valence-corrected chi connectivity index (χ3v) is 2.69. The lowest BCUT2D eigenvalue weighted by molar-refractivity contribution is -0.171. The van der Waals surface area contributed by atoms with E-state index in [2.05, 4.69) is 12.6 Å². The monoisotopic (exact) mass is 235 g/mol. The van der Waals surface area contributed by atoms with E-state index < -0.39 is 16.8 Å². The summed E-state index contributed by atoms with van der Waals surface area (Å²) >= 11 is 3.38. The average molecular weight is 235 g/mol. The van der Waals surface area contributed by atoms with Crippen LogP contribution in [0, 0.1) is 0 Å². The molecule has 1 unspecified atom stereocenters. The molecule has 1 aromatic carbocycles. The zero-order valence-corrected chi connectivity index (χ0v) is 8.35. The van der Waals surface area contributed by atoms with Crippen molar-refractivity contribution in [1.82, 2.24) is 0 Å². The highest BCUT2D eigenvalue weighted by atomic mass is 32.1. The lowest BCUT2D eigenvalue weighted by Gasteiger charge is -2.27. The smallest absolute Gasteiger partial charge is 0.368 e. The molecule has 0 aliphatic rings. The molecule has 82 valence electrons. The summed E-state index contributed by atoms with van der Waals surface area (Å²) in [4.78, 5) is 10.9. The first-order valence-electron chi connectivity index (χ1n) is 3.94. The Labute approximate surface area is 89.7 Å². The van der Waals surface area contributed by atoms with Gasteiger partial charge in [0.2, 0.25) is 10.7 Å². The summed E-state index contributed by atoms with van der Waals surface area (Å²) in [5, 5.41) is 0. The van der Waals surface area contributed by atoms with Crippen molar-refractivity contribution in [2.75, 3.05) is 0 Å². The second-order valence-corrected chi connectivity index (χ2v) is 3.61. The van der Waals surface area contributed by atoms with E-state index in [1.54, 1.807) is 0 Å².